The van der Waals surface area contributed by atoms with E-state index in [0.29, 0.717) is 33.7 Å². The lowest BCUT2D eigenvalue weighted by molar-refractivity contribution is -0.119. The van der Waals surface area contributed by atoms with Crippen LogP contribution in [0.2, 0.25) is 0 Å². The number of amides is 1. The molecule has 1 atom stereocenters. The molecule has 8 heteroatoms. The van der Waals surface area contributed by atoms with Crippen molar-refractivity contribution in [2.24, 2.45) is 7.05 Å². The molecule has 0 aliphatic rings. The van der Waals surface area contributed by atoms with Gasteiger partial charge in [-0.2, -0.15) is 0 Å². The summed E-state index contributed by atoms with van der Waals surface area (Å²) >= 11 is 0. The van der Waals surface area contributed by atoms with Gasteiger partial charge >= 0.3 is 5.69 Å². The standard InChI is InChI=1S/C20H22N4O4/c1-11-9-12(2)21-17-16(11)19(26)24(20(27)23(17)4)13(3)18(25)22-14-7-6-8-15(10-14)28-5/h6-10,13H,1-5H3,(H,22,25)/t13-/m1/s1. The van der Waals surface area contributed by atoms with E-state index in [-0.39, 0.29) is 0 Å². The predicted octanol–water partition coefficient (Wildman–Crippen LogP) is 1.92. The Hall–Kier alpha value is -3.42. The van der Waals surface area contributed by atoms with Gasteiger partial charge in [-0.3, -0.25) is 14.2 Å². The Labute approximate surface area is 161 Å². The van der Waals surface area contributed by atoms with Gasteiger partial charge < -0.3 is 10.1 Å². The van der Waals surface area contributed by atoms with Crippen LogP contribution in [0.4, 0.5) is 5.69 Å². The lowest BCUT2D eigenvalue weighted by Crippen LogP contribution is -2.44. The molecule has 8 nitrogen and oxygen atoms in total. The van der Waals surface area contributed by atoms with E-state index in [4.69, 9.17) is 4.74 Å². The van der Waals surface area contributed by atoms with Crippen molar-refractivity contribution in [1.82, 2.24) is 14.1 Å². The summed E-state index contributed by atoms with van der Waals surface area (Å²) in [6, 6.07) is 7.61. The first-order valence-corrected chi connectivity index (χ1v) is 8.79. The molecule has 0 aliphatic carbocycles. The van der Waals surface area contributed by atoms with E-state index in [1.54, 1.807) is 51.2 Å². The molecule has 2 aromatic heterocycles. The number of hydrogen-bond donors (Lipinski definition) is 1. The van der Waals surface area contributed by atoms with E-state index in [1.807, 2.05) is 0 Å². The zero-order chi connectivity index (χ0) is 20.6. The first kappa shape index (κ1) is 19.3. The summed E-state index contributed by atoms with van der Waals surface area (Å²) in [6.45, 7) is 5.10. The number of nitrogens with one attached hydrogen (secondary N) is 1. The van der Waals surface area contributed by atoms with Gasteiger partial charge in [0.15, 0.2) is 0 Å². The number of rotatable bonds is 4. The summed E-state index contributed by atoms with van der Waals surface area (Å²) in [6.07, 6.45) is 0. The van der Waals surface area contributed by atoms with Crippen LogP contribution in [0.3, 0.4) is 0 Å². The van der Waals surface area contributed by atoms with Gasteiger partial charge in [0.2, 0.25) is 5.91 Å². The topological polar surface area (TPSA) is 95.2 Å². The maximum absolute atomic E-state index is 13.0. The first-order chi connectivity index (χ1) is 13.2. The van der Waals surface area contributed by atoms with Gasteiger partial charge in [-0.25, -0.2) is 14.3 Å². The van der Waals surface area contributed by atoms with Gasteiger partial charge in [0.05, 0.1) is 12.5 Å². The smallest absolute Gasteiger partial charge is 0.333 e. The minimum absolute atomic E-state index is 0.309. The average molecular weight is 382 g/mol. The van der Waals surface area contributed by atoms with Crippen LogP contribution in [0, 0.1) is 13.8 Å². The second kappa shape index (κ2) is 7.30. The average Bonchev–Trinajstić information content (AvgIpc) is 2.65. The third-order valence-electron chi connectivity index (χ3n) is 4.67. The predicted molar refractivity (Wildman–Crippen MR) is 107 cm³/mol. The maximum atomic E-state index is 13.0. The van der Waals surface area contributed by atoms with E-state index in [1.165, 1.54) is 18.6 Å². The molecule has 0 fully saturated rings. The molecule has 0 aliphatic heterocycles. The lowest BCUT2D eigenvalue weighted by Gasteiger charge is -2.17. The number of methoxy groups -OCH3 is 1. The number of benzene rings is 1. The molecular weight excluding hydrogens is 360 g/mol. The van der Waals surface area contributed by atoms with Gasteiger partial charge in [-0.05, 0) is 44.5 Å². The summed E-state index contributed by atoms with van der Waals surface area (Å²) in [7, 11) is 3.07. The third-order valence-corrected chi connectivity index (χ3v) is 4.67. The van der Waals surface area contributed by atoms with E-state index in [2.05, 4.69) is 10.3 Å². The molecule has 0 saturated carbocycles. The Morgan fingerprint density at radius 3 is 2.61 bits per heavy atom. The number of carbonyl (C=O) groups is 1. The first-order valence-electron chi connectivity index (χ1n) is 8.79. The van der Waals surface area contributed by atoms with Crippen LogP contribution in [0.15, 0.2) is 39.9 Å². The molecule has 2 heterocycles. The minimum Gasteiger partial charge on any atom is -0.497 e. The number of aryl methyl sites for hydroxylation is 3. The molecule has 28 heavy (non-hydrogen) atoms. The monoisotopic (exact) mass is 382 g/mol. The van der Waals surface area contributed by atoms with E-state index in [0.717, 1.165) is 4.57 Å². The fourth-order valence-corrected chi connectivity index (χ4v) is 3.19. The summed E-state index contributed by atoms with van der Waals surface area (Å²) in [4.78, 5) is 42.9. The Morgan fingerprint density at radius 1 is 1.21 bits per heavy atom. The maximum Gasteiger partial charge on any atom is 0.333 e. The third kappa shape index (κ3) is 3.28. The molecule has 146 valence electrons. The molecule has 0 spiro atoms. The highest BCUT2D eigenvalue weighted by molar-refractivity contribution is 5.93. The lowest BCUT2D eigenvalue weighted by atomic mass is 10.1. The molecule has 0 saturated heterocycles. The summed E-state index contributed by atoms with van der Waals surface area (Å²) in [5.41, 5.74) is 1.11. The fraction of sp³-hybridized carbons (Fsp3) is 0.300. The normalized spacial score (nSPS) is 12.0. The second-order valence-corrected chi connectivity index (χ2v) is 6.69. The zero-order valence-corrected chi connectivity index (χ0v) is 16.4. The molecule has 3 aromatic rings. The van der Waals surface area contributed by atoms with E-state index < -0.39 is 23.2 Å². The highest BCUT2D eigenvalue weighted by atomic mass is 16.5. The Balaban J connectivity index is 2.08. The van der Waals surface area contributed by atoms with Crippen molar-refractivity contribution in [2.75, 3.05) is 12.4 Å². The van der Waals surface area contributed by atoms with Crippen molar-refractivity contribution in [3.63, 3.8) is 0 Å². The van der Waals surface area contributed by atoms with Crippen LogP contribution in [-0.2, 0) is 11.8 Å². The number of hydrogen-bond acceptors (Lipinski definition) is 5. The fourth-order valence-electron chi connectivity index (χ4n) is 3.19. The van der Waals surface area contributed by atoms with Gasteiger partial charge in [0.25, 0.3) is 5.56 Å². The Morgan fingerprint density at radius 2 is 1.93 bits per heavy atom. The van der Waals surface area contributed by atoms with Gasteiger partial charge in [-0.15, -0.1) is 0 Å². The minimum atomic E-state index is -1.01. The van der Waals surface area contributed by atoms with Crippen molar-refractivity contribution >= 4 is 22.6 Å². The van der Waals surface area contributed by atoms with Crippen molar-refractivity contribution in [2.45, 2.75) is 26.8 Å². The van der Waals surface area contributed by atoms with Crippen LogP contribution < -0.4 is 21.3 Å². The summed E-state index contributed by atoms with van der Waals surface area (Å²) < 4.78 is 7.40. The summed E-state index contributed by atoms with van der Waals surface area (Å²) in [5, 5.41) is 3.05. The summed E-state index contributed by atoms with van der Waals surface area (Å²) in [5.74, 6) is 0.103. The van der Waals surface area contributed by atoms with E-state index >= 15 is 0 Å². The van der Waals surface area contributed by atoms with Crippen molar-refractivity contribution in [1.29, 1.82) is 0 Å². The van der Waals surface area contributed by atoms with Crippen molar-refractivity contribution < 1.29 is 9.53 Å². The van der Waals surface area contributed by atoms with Crippen LogP contribution >= 0.6 is 0 Å². The molecule has 3 rings (SSSR count). The molecule has 1 amide bonds. The largest absolute Gasteiger partial charge is 0.497 e. The SMILES string of the molecule is COc1cccc(NC(=O)[C@@H](C)n2c(=O)c3c(C)cc(C)nc3n(C)c2=O)c1. The van der Waals surface area contributed by atoms with Gasteiger partial charge in [-0.1, -0.05) is 6.07 Å². The number of pyridine rings is 1. The van der Waals surface area contributed by atoms with E-state index in [9.17, 15) is 14.4 Å². The zero-order valence-electron chi connectivity index (χ0n) is 16.4. The quantitative estimate of drug-likeness (QED) is 0.744. The molecule has 0 unspecified atom stereocenters. The van der Waals surface area contributed by atoms with Gasteiger partial charge in [0, 0.05) is 24.5 Å². The molecule has 1 aromatic carbocycles. The van der Waals surface area contributed by atoms with Crippen LogP contribution in [0.25, 0.3) is 11.0 Å². The molecule has 0 radical (unpaired) electrons. The van der Waals surface area contributed by atoms with Crippen molar-refractivity contribution in [3.8, 4) is 5.75 Å². The Kier molecular flexibility index (Phi) is 5.04. The number of ether oxygens (including phenoxy) is 1. The number of anilines is 1. The molecule has 0 bridgehead atoms. The Bertz CT molecular complexity index is 1190. The number of fused-ring (bicyclic) bond motifs is 1. The van der Waals surface area contributed by atoms with Crippen LogP contribution in [0.1, 0.15) is 24.2 Å². The highest BCUT2D eigenvalue weighted by Crippen LogP contribution is 2.18. The molecule has 1 N–H and O–H groups in total. The number of aromatic nitrogens is 3. The molecular formula is C20H22N4O4. The number of carbonyl (C=O) groups excluding carboxylic acids is 1. The second-order valence-electron chi connectivity index (χ2n) is 6.69. The van der Waals surface area contributed by atoms with Crippen molar-refractivity contribution in [3.05, 3.63) is 62.4 Å². The highest BCUT2D eigenvalue weighted by Gasteiger charge is 2.23. The van der Waals surface area contributed by atoms with Gasteiger partial charge in [0.1, 0.15) is 17.4 Å². The van der Waals surface area contributed by atoms with Crippen LogP contribution in [-0.4, -0.2) is 27.1 Å². The number of nitrogens with zero attached hydrogens (tertiary/aromatic N) is 3. The van der Waals surface area contributed by atoms with Crippen LogP contribution in [0.5, 0.6) is 5.75 Å².